The Balaban J connectivity index is 0.00000108. The van der Waals surface area contributed by atoms with Crippen molar-refractivity contribution in [1.29, 1.82) is 0 Å². The van der Waals surface area contributed by atoms with Gasteiger partial charge in [-0.3, -0.25) is 0 Å². The van der Waals surface area contributed by atoms with Gasteiger partial charge in [-0.1, -0.05) is 0 Å². The molecule has 0 aliphatic carbocycles. The largest absolute Gasteiger partial charge is 1.00 e. The molecule has 2 aromatic rings. The van der Waals surface area contributed by atoms with Crippen molar-refractivity contribution >= 4 is 0 Å². The molecular weight excluding hydrogens is 372 g/mol. The zero-order valence-electron chi connectivity index (χ0n) is 11.0. The Morgan fingerprint density at radius 3 is 1.53 bits per heavy atom. The maximum absolute atomic E-state index is 2.34. The number of fused-ring (bicyclic) bond motifs is 3. The summed E-state index contributed by atoms with van der Waals surface area (Å²) in [6, 6.07) is 8.89. The molecule has 0 unspecified atom stereocenters. The summed E-state index contributed by atoms with van der Waals surface area (Å²) in [6.45, 7) is 6.43. The average Bonchev–Trinajstić information content (AvgIpc) is 2.29. The summed E-state index contributed by atoms with van der Waals surface area (Å²) in [7, 11) is 0. The van der Waals surface area contributed by atoms with E-state index in [2.05, 4.69) is 59.6 Å². The van der Waals surface area contributed by atoms with E-state index in [9.17, 15) is 0 Å². The Bertz CT molecular complexity index is 522. The number of aryl methyl sites for hydroxylation is 4. The van der Waals surface area contributed by atoms with Crippen LogP contribution in [0.2, 0.25) is 0 Å². The Morgan fingerprint density at radius 2 is 1.16 bits per heavy atom. The fourth-order valence-electron chi connectivity index (χ4n) is 2.32. The molecule has 5 heteroatoms. The number of nitrogens with zero attached hydrogens (tertiary/aromatic N) is 2. The van der Waals surface area contributed by atoms with E-state index in [0.717, 1.165) is 13.1 Å². The minimum Gasteiger partial charge on any atom is -1.00 e. The van der Waals surface area contributed by atoms with Gasteiger partial charge in [0.1, 0.15) is 0 Å². The molecule has 2 aromatic heterocycles. The van der Waals surface area contributed by atoms with E-state index in [1.165, 1.54) is 22.5 Å². The fourth-order valence-corrected chi connectivity index (χ4v) is 2.32. The van der Waals surface area contributed by atoms with Crippen LogP contribution in [-0.2, 0) is 13.1 Å². The summed E-state index contributed by atoms with van der Waals surface area (Å²) < 4.78 is 4.67. The van der Waals surface area contributed by atoms with Crippen LogP contribution in [0.5, 0.6) is 0 Å². The first-order chi connectivity index (χ1) is 7.74. The van der Waals surface area contributed by atoms with Crippen LogP contribution >= 0.6 is 0 Å². The van der Waals surface area contributed by atoms with Gasteiger partial charge in [0, 0.05) is 24.3 Å². The molecule has 3 rings (SSSR count). The molecule has 0 aromatic carbocycles. The standard InChI is InChI=1S/C14H16N2.2BrH.H2O/c1-11-3-5-15-7-8-16-6-4-12(2)10-14(16)13(15)9-11;;;/h3-6,9-10H,7-8H2,1-2H3;2*1H;1H2/q+2;;;/p-2. The number of hydrogen-bond donors (Lipinski definition) is 0. The van der Waals surface area contributed by atoms with Crippen LogP contribution in [-0.4, -0.2) is 5.48 Å². The average molecular weight is 390 g/mol. The van der Waals surface area contributed by atoms with Gasteiger partial charge >= 0.3 is 0 Å². The second-order valence-electron chi connectivity index (χ2n) is 4.57. The lowest BCUT2D eigenvalue weighted by molar-refractivity contribution is -0.795. The van der Waals surface area contributed by atoms with Gasteiger partial charge in [0.05, 0.1) is 0 Å². The van der Waals surface area contributed by atoms with Gasteiger partial charge in [-0.25, -0.2) is 0 Å². The highest BCUT2D eigenvalue weighted by molar-refractivity contribution is 5.49. The summed E-state index contributed by atoms with van der Waals surface area (Å²) in [5, 5.41) is 0. The van der Waals surface area contributed by atoms with E-state index in [-0.39, 0.29) is 39.4 Å². The van der Waals surface area contributed by atoms with Gasteiger partial charge in [0.2, 0.25) is 13.1 Å². The molecule has 19 heavy (non-hydrogen) atoms. The second kappa shape index (κ2) is 7.12. The first kappa shape index (κ1) is 18.2. The minimum atomic E-state index is 0. The fraction of sp³-hybridized carbons (Fsp3) is 0.286. The summed E-state index contributed by atoms with van der Waals surface area (Å²) in [5.74, 6) is 0. The Hall–Kier alpha value is -0.780. The lowest BCUT2D eigenvalue weighted by Gasteiger charge is -2.10. The Labute approximate surface area is 134 Å². The molecule has 0 atom stereocenters. The van der Waals surface area contributed by atoms with Crippen molar-refractivity contribution in [2.45, 2.75) is 26.9 Å². The molecule has 0 saturated carbocycles. The van der Waals surface area contributed by atoms with E-state index in [0.29, 0.717) is 0 Å². The summed E-state index contributed by atoms with van der Waals surface area (Å²) in [4.78, 5) is 0. The third-order valence-corrected chi connectivity index (χ3v) is 3.23. The van der Waals surface area contributed by atoms with Crippen molar-refractivity contribution < 1.29 is 48.6 Å². The lowest BCUT2D eigenvalue weighted by Crippen LogP contribution is -3.00. The predicted octanol–water partition coefficient (Wildman–Crippen LogP) is -5.26. The van der Waals surface area contributed by atoms with Crippen LogP contribution in [0.1, 0.15) is 11.1 Å². The number of pyridine rings is 2. The van der Waals surface area contributed by atoms with E-state index in [4.69, 9.17) is 0 Å². The first-order valence-corrected chi connectivity index (χ1v) is 5.74. The number of rotatable bonds is 0. The van der Waals surface area contributed by atoms with Crippen LogP contribution in [0, 0.1) is 13.8 Å². The molecule has 1 aliphatic heterocycles. The highest BCUT2D eigenvalue weighted by atomic mass is 79.9. The molecule has 3 heterocycles. The molecule has 2 N–H and O–H groups in total. The molecule has 0 radical (unpaired) electrons. The monoisotopic (exact) mass is 388 g/mol. The third-order valence-electron chi connectivity index (χ3n) is 3.23. The molecular formula is C14H18Br2N2O. The van der Waals surface area contributed by atoms with Crippen LogP contribution < -0.4 is 43.1 Å². The third kappa shape index (κ3) is 3.41. The smallest absolute Gasteiger partial charge is 0.277 e. The molecule has 3 nitrogen and oxygen atoms in total. The van der Waals surface area contributed by atoms with Gasteiger partial charge in [-0.2, -0.15) is 9.13 Å². The Morgan fingerprint density at radius 1 is 0.789 bits per heavy atom. The molecule has 0 bridgehead atoms. The van der Waals surface area contributed by atoms with E-state index < -0.39 is 0 Å². The predicted molar refractivity (Wildman–Crippen MR) is 65.4 cm³/mol. The van der Waals surface area contributed by atoms with Gasteiger partial charge in [0.25, 0.3) is 11.4 Å². The second-order valence-corrected chi connectivity index (χ2v) is 4.57. The molecule has 1 aliphatic rings. The van der Waals surface area contributed by atoms with E-state index in [1.54, 1.807) is 0 Å². The number of halogens is 2. The Kier molecular flexibility index (Phi) is 6.83. The number of hydrogen-bond acceptors (Lipinski definition) is 0. The highest BCUT2D eigenvalue weighted by Crippen LogP contribution is 2.16. The zero-order chi connectivity index (χ0) is 11.1. The summed E-state index contributed by atoms with van der Waals surface area (Å²) in [6.07, 6.45) is 4.38. The number of aromatic nitrogens is 2. The normalized spacial score (nSPS) is 11.1. The summed E-state index contributed by atoms with van der Waals surface area (Å²) >= 11 is 0. The van der Waals surface area contributed by atoms with Crippen molar-refractivity contribution in [2.75, 3.05) is 0 Å². The zero-order valence-corrected chi connectivity index (χ0v) is 14.2. The van der Waals surface area contributed by atoms with Crippen molar-refractivity contribution in [3.05, 3.63) is 47.8 Å². The quantitative estimate of drug-likeness (QED) is 0.404. The van der Waals surface area contributed by atoms with Crippen molar-refractivity contribution in [3.63, 3.8) is 0 Å². The van der Waals surface area contributed by atoms with E-state index in [1.807, 2.05) is 0 Å². The van der Waals surface area contributed by atoms with Gasteiger partial charge in [-0.15, -0.1) is 0 Å². The molecule has 0 spiro atoms. The first-order valence-electron chi connectivity index (χ1n) is 5.74. The van der Waals surface area contributed by atoms with Crippen LogP contribution in [0.4, 0.5) is 0 Å². The summed E-state index contributed by atoms with van der Waals surface area (Å²) in [5.41, 5.74) is 5.30. The minimum absolute atomic E-state index is 0. The van der Waals surface area contributed by atoms with Crippen LogP contribution in [0.15, 0.2) is 36.7 Å². The van der Waals surface area contributed by atoms with Gasteiger partial charge < -0.3 is 39.4 Å². The van der Waals surface area contributed by atoms with Crippen LogP contribution in [0.25, 0.3) is 11.4 Å². The maximum Gasteiger partial charge on any atom is 0.277 e. The van der Waals surface area contributed by atoms with Crippen molar-refractivity contribution in [2.24, 2.45) is 0 Å². The topological polar surface area (TPSA) is 39.3 Å². The van der Waals surface area contributed by atoms with Crippen molar-refractivity contribution in [1.82, 2.24) is 0 Å². The SMILES string of the molecule is Cc1cc[n+]2c(c1)-c1cc(C)cc[n+]1CC2.O.[Br-].[Br-]. The lowest BCUT2D eigenvalue weighted by atomic mass is 10.1. The maximum atomic E-state index is 2.34. The van der Waals surface area contributed by atoms with Crippen molar-refractivity contribution in [3.8, 4) is 11.4 Å². The van der Waals surface area contributed by atoms with E-state index >= 15 is 0 Å². The van der Waals surface area contributed by atoms with Gasteiger partial charge in [-0.05, 0) is 25.0 Å². The van der Waals surface area contributed by atoms with Gasteiger partial charge in [0.15, 0.2) is 12.4 Å². The molecule has 0 amide bonds. The molecule has 0 fully saturated rings. The highest BCUT2D eigenvalue weighted by Gasteiger charge is 2.28. The molecule has 0 saturated heterocycles. The molecule has 104 valence electrons. The van der Waals surface area contributed by atoms with Crippen LogP contribution in [0.3, 0.4) is 0 Å².